The molecule has 2 heterocycles. The Morgan fingerprint density at radius 3 is 1.64 bits per heavy atom. The highest BCUT2D eigenvalue weighted by molar-refractivity contribution is 6.52. The minimum absolute atomic E-state index is 0.250. The number of esters is 1. The lowest BCUT2D eigenvalue weighted by atomic mass is 9.93. The first-order valence-electron chi connectivity index (χ1n) is 11.5. The Labute approximate surface area is 205 Å². The molecule has 0 unspecified atom stereocenters. The van der Waals surface area contributed by atoms with Gasteiger partial charge in [0.25, 0.3) is 23.4 Å². The summed E-state index contributed by atoms with van der Waals surface area (Å²) in [5.74, 6) is -3.54. The smallest absolute Gasteiger partial charge is 0.316 e. The number of ether oxygens (including phenoxy) is 1. The standard InChI is InChI=1S/C14H13NO4.C12H9NO4/c1-2-19-13(18)14(5-6-14)8-3-4-10-9(7-8)11(16)12(17)15-10;14-9-7-5-6(12(3-4-12)11(16)17)1-2-8(7)13-10(9)15/h3-4,7H,2,5-6H2,1H3,(H,15,16,17);1-2,5H,3-4H2,(H,16,17)(H,13,14,15). The summed E-state index contributed by atoms with van der Waals surface area (Å²) in [6.45, 7) is 2.10. The summed E-state index contributed by atoms with van der Waals surface area (Å²) in [6.07, 6.45) is 2.60. The molecule has 2 aliphatic heterocycles. The van der Waals surface area contributed by atoms with Gasteiger partial charge in [0.1, 0.15) is 0 Å². The fourth-order valence-corrected chi connectivity index (χ4v) is 4.64. The van der Waals surface area contributed by atoms with Crippen LogP contribution in [0.15, 0.2) is 36.4 Å². The Morgan fingerprint density at radius 1 is 0.806 bits per heavy atom. The van der Waals surface area contributed by atoms with Crippen molar-refractivity contribution in [2.45, 2.75) is 43.4 Å². The molecule has 2 aromatic rings. The zero-order valence-electron chi connectivity index (χ0n) is 19.3. The summed E-state index contributed by atoms with van der Waals surface area (Å²) in [5.41, 5.74) is 1.50. The molecule has 10 heteroatoms. The molecule has 2 aliphatic carbocycles. The zero-order valence-corrected chi connectivity index (χ0v) is 19.3. The molecule has 36 heavy (non-hydrogen) atoms. The van der Waals surface area contributed by atoms with E-state index in [9.17, 15) is 28.8 Å². The molecule has 0 atom stereocenters. The normalized spacial score (nSPS) is 19.2. The van der Waals surface area contributed by atoms with E-state index in [1.807, 2.05) is 0 Å². The zero-order chi connectivity index (χ0) is 25.8. The summed E-state index contributed by atoms with van der Waals surface area (Å²) >= 11 is 0. The van der Waals surface area contributed by atoms with Crippen LogP contribution in [0.1, 0.15) is 64.4 Å². The highest BCUT2D eigenvalue weighted by Gasteiger charge is 2.53. The summed E-state index contributed by atoms with van der Waals surface area (Å²) in [6, 6.07) is 9.87. The van der Waals surface area contributed by atoms with Gasteiger partial charge in [-0.05, 0) is 68.0 Å². The highest BCUT2D eigenvalue weighted by atomic mass is 16.5. The molecule has 4 aliphatic rings. The molecule has 184 valence electrons. The maximum absolute atomic E-state index is 12.0. The molecule has 0 radical (unpaired) electrons. The second kappa shape index (κ2) is 8.11. The topological polar surface area (TPSA) is 156 Å². The van der Waals surface area contributed by atoms with Crippen LogP contribution in [0.5, 0.6) is 0 Å². The number of carboxylic acid groups (broad SMARTS) is 1. The van der Waals surface area contributed by atoms with Gasteiger partial charge in [0.15, 0.2) is 0 Å². The molecule has 2 saturated carbocycles. The van der Waals surface area contributed by atoms with E-state index in [-0.39, 0.29) is 11.5 Å². The van der Waals surface area contributed by atoms with Gasteiger partial charge in [-0.25, -0.2) is 0 Å². The number of amides is 2. The van der Waals surface area contributed by atoms with Crippen LogP contribution in [0.4, 0.5) is 11.4 Å². The number of anilines is 2. The average molecular weight is 490 g/mol. The first-order chi connectivity index (χ1) is 17.1. The number of hydrogen-bond acceptors (Lipinski definition) is 7. The molecule has 0 saturated heterocycles. The van der Waals surface area contributed by atoms with Gasteiger partial charge in [0.05, 0.1) is 39.9 Å². The van der Waals surface area contributed by atoms with Gasteiger partial charge in [0.2, 0.25) is 0 Å². The van der Waals surface area contributed by atoms with Crippen molar-refractivity contribution < 1.29 is 38.6 Å². The average Bonchev–Trinajstić information content (AvgIpc) is 3.77. The van der Waals surface area contributed by atoms with Crippen LogP contribution >= 0.6 is 0 Å². The molecule has 2 fully saturated rings. The minimum Gasteiger partial charge on any atom is -0.481 e. The Morgan fingerprint density at radius 2 is 1.25 bits per heavy atom. The van der Waals surface area contributed by atoms with Gasteiger partial charge >= 0.3 is 11.9 Å². The van der Waals surface area contributed by atoms with Crippen molar-refractivity contribution in [2.75, 3.05) is 17.2 Å². The molecule has 0 spiro atoms. The number of rotatable bonds is 5. The van der Waals surface area contributed by atoms with Gasteiger partial charge in [0, 0.05) is 0 Å². The van der Waals surface area contributed by atoms with E-state index < -0.39 is 40.2 Å². The fraction of sp³-hybridized carbons (Fsp3) is 0.308. The molecule has 2 amide bonds. The highest BCUT2D eigenvalue weighted by Crippen LogP contribution is 2.50. The third-order valence-electron chi connectivity index (χ3n) is 7.12. The monoisotopic (exact) mass is 490 g/mol. The quantitative estimate of drug-likeness (QED) is 0.426. The first kappa shape index (κ1) is 23.4. The van der Waals surface area contributed by atoms with Gasteiger partial charge in [-0.2, -0.15) is 0 Å². The molecule has 2 aromatic carbocycles. The maximum atomic E-state index is 12.0. The lowest BCUT2D eigenvalue weighted by Gasteiger charge is -2.14. The maximum Gasteiger partial charge on any atom is 0.316 e. The third kappa shape index (κ3) is 3.57. The summed E-state index contributed by atoms with van der Waals surface area (Å²) in [5, 5.41) is 14.1. The Hall–Kier alpha value is -4.34. The second-order valence-corrected chi connectivity index (χ2v) is 9.28. The second-order valence-electron chi connectivity index (χ2n) is 9.28. The van der Waals surface area contributed by atoms with E-state index in [4.69, 9.17) is 9.84 Å². The Balaban J connectivity index is 0.000000149. The molecule has 6 rings (SSSR count). The molecule has 0 aromatic heterocycles. The van der Waals surface area contributed by atoms with Crippen molar-refractivity contribution >= 4 is 46.7 Å². The van der Waals surface area contributed by atoms with Gasteiger partial charge < -0.3 is 20.5 Å². The van der Waals surface area contributed by atoms with Crippen LogP contribution in [0.3, 0.4) is 0 Å². The van der Waals surface area contributed by atoms with Gasteiger partial charge in [-0.1, -0.05) is 12.1 Å². The van der Waals surface area contributed by atoms with E-state index in [0.717, 1.165) is 18.4 Å². The van der Waals surface area contributed by atoms with Gasteiger partial charge in [-0.3, -0.25) is 28.8 Å². The number of Topliss-reactive ketones (excluding diaryl/α,β-unsaturated/α-hetero) is 2. The number of ketones is 2. The van der Waals surface area contributed by atoms with E-state index in [1.54, 1.807) is 37.3 Å². The van der Waals surface area contributed by atoms with E-state index >= 15 is 0 Å². The van der Waals surface area contributed by atoms with Gasteiger partial charge in [-0.15, -0.1) is 0 Å². The number of fused-ring (bicyclic) bond motifs is 2. The molecule has 0 bridgehead atoms. The van der Waals surface area contributed by atoms with Crippen LogP contribution in [0.2, 0.25) is 0 Å². The molecular weight excluding hydrogens is 468 g/mol. The van der Waals surface area contributed by atoms with E-state index in [2.05, 4.69) is 10.6 Å². The molecule has 10 nitrogen and oxygen atoms in total. The van der Waals surface area contributed by atoms with Crippen molar-refractivity contribution in [2.24, 2.45) is 0 Å². The number of nitrogens with one attached hydrogen (secondary N) is 2. The number of hydrogen-bond donors (Lipinski definition) is 3. The van der Waals surface area contributed by atoms with Crippen molar-refractivity contribution in [1.29, 1.82) is 0 Å². The number of carbonyl (C=O) groups excluding carboxylic acids is 5. The molecular formula is C26H22N2O8. The van der Waals surface area contributed by atoms with Crippen LogP contribution in [0.25, 0.3) is 0 Å². The number of aliphatic carboxylic acids is 1. The summed E-state index contributed by atoms with van der Waals surface area (Å²) < 4.78 is 5.08. The number of carbonyl (C=O) groups is 6. The van der Waals surface area contributed by atoms with Crippen LogP contribution < -0.4 is 10.6 Å². The third-order valence-corrected chi connectivity index (χ3v) is 7.12. The summed E-state index contributed by atoms with van der Waals surface area (Å²) in [4.78, 5) is 68.8. The van der Waals surface area contributed by atoms with Crippen LogP contribution in [-0.4, -0.2) is 47.0 Å². The van der Waals surface area contributed by atoms with Crippen LogP contribution in [-0.2, 0) is 34.7 Å². The van der Waals surface area contributed by atoms with Crippen molar-refractivity contribution in [3.05, 3.63) is 58.7 Å². The van der Waals surface area contributed by atoms with Crippen molar-refractivity contribution in [3.63, 3.8) is 0 Å². The van der Waals surface area contributed by atoms with Crippen molar-refractivity contribution in [1.82, 2.24) is 0 Å². The number of carboxylic acids is 1. The fourth-order valence-electron chi connectivity index (χ4n) is 4.64. The largest absolute Gasteiger partial charge is 0.481 e. The Bertz CT molecular complexity index is 1380. The van der Waals surface area contributed by atoms with Crippen LogP contribution in [0, 0.1) is 0 Å². The predicted octanol–water partition coefficient (Wildman–Crippen LogP) is 2.35. The first-order valence-corrected chi connectivity index (χ1v) is 11.5. The molecule has 3 N–H and O–H groups in total. The lowest BCUT2D eigenvalue weighted by Crippen LogP contribution is -2.23. The lowest BCUT2D eigenvalue weighted by molar-refractivity contribution is -0.146. The number of benzene rings is 2. The Kier molecular flexibility index (Phi) is 5.27. The van der Waals surface area contributed by atoms with Crippen molar-refractivity contribution in [3.8, 4) is 0 Å². The summed E-state index contributed by atoms with van der Waals surface area (Å²) in [7, 11) is 0. The predicted molar refractivity (Wildman–Crippen MR) is 125 cm³/mol. The SMILES string of the molecule is CCOC(=O)C1(c2ccc3c(c2)C(=O)C(=O)N3)CC1.O=C1Nc2ccc(C3(C(=O)O)CC3)cc2C1=O. The minimum atomic E-state index is -0.873. The van der Waals surface area contributed by atoms with E-state index in [1.165, 1.54) is 6.07 Å². The van der Waals surface area contributed by atoms with E-state index in [0.29, 0.717) is 42.0 Å².